The fraction of sp³-hybridized carbons (Fsp3) is 0.250. The summed E-state index contributed by atoms with van der Waals surface area (Å²) in [4.78, 5) is 31.9. The fourth-order valence-electron chi connectivity index (χ4n) is 4.08. The van der Waals surface area contributed by atoms with Crippen molar-refractivity contribution in [3.05, 3.63) is 101 Å². The first-order valence-corrected chi connectivity index (χ1v) is 11.3. The highest BCUT2D eigenvalue weighted by Gasteiger charge is 2.46. The van der Waals surface area contributed by atoms with Crippen molar-refractivity contribution in [1.29, 1.82) is 0 Å². The normalized spacial score (nSPS) is 17.4. The molecular weight excluding hydrogens is 428 g/mol. The third-order valence-corrected chi connectivity index (χ3v) is 5.75. The predicted octanol–water partition coefficient (Wildman–Crippen LogP) is 5.05. The highest BCUT2D eigenvalue weighted by Crippen LogP contribution is 2.40. The zero-order chi connectivity index (χ0) is 24.2. The second kappa shape index (κ2) is 9.91. The van der Waals surface area contributed by atoms with Gasteiger partial charge in [0, 0.05) is 24.5 Å². The summed E-state index contributed by atoms with van der Waals surface area (Å²) in [5.41, 5.74) is 2.93. The fourth-order valence-corrected chi connectivity index (χ4v) is 4.08. The summed E-state index contributed by atoms with van der Waals surface area (Å²) in [6.45, 7) is 6.82. The van der Waals surface area contributed by atoms with E-state index >= 15 is 0 Å². The molecular formula is C28H28N2O4. The SMILES string of the molecule is Cc1cc(C(O)=C2C(=O)C(=O)N(Cc3cccnc3)C2c2ccccc2)ccc1OCC(C)C. The van der Waals surface area contributed by atoms with Crippen molar-refractivity contribution >= 4 is 17.4 Å². The van der Waals surface area contributed by atoms with Gasteiger partial charge in [-0.15, -0.1) is 0 Å². The van der Waals surface area contributed by atoms with Gasteiger partial charge in [0.1, 0.15) is 11.5 Å². The Balaban J connectivity index is 1.77. The van der Waals surface area contributed by atoms with Crippen molar-refractivity contribution in [3.8, 4) is 5.75 Å². The number of carbonyl (C=O) groups is 2. The molecule has 3 aromatic rings. The Labute approximate surface area is 199 Å². The number of rotatable bonds is 7. The highest BCUT2D eigenvalue weighted by molar-refractivity contribution is 6.46. The summed E-state index contributed by atoms with van der Waals surface area (Å²) in [7, 11) is 0. The molecule has 6 heteroatoms. The summed E-state index contributed by atoms with van der Waals surface area (Å²) < 4.78 is 5.84. The van der Waals surface area contributed by atoms with E-state index in [0.29, 0.717) is 18.1 Å². The highest BCUT2D eigenvalue weighted by atomic mass is 16.5. The van der Waals surface area contributed by atoms with Crippen LogP contribution in [-0.2, 0) is 16.1 Å². The number of benzene rings is 2. The number of nitrogens with zero attached hydrogens (tertiary/aromatic N) is 2. The maximum atomic E-state index is 13.2. The third-order valence-electron chi connectivity index (χ3n) is 5.75. The van der Waals surface area contributed by atoms with E-state index < -0.39 is 17.7 Å². The maximum Gasteiger partial charge on any atom is 0.295 e. The van der Waals surface area contributed by atoms with Crippen LogP contribution in [0, 0.1) is 12.8 Å². The van der Waals surface area contributed by atoms with Crippen LogP contribution in [0.3, 0.4) is 0 Å². The molecule has 4 rings (SSSR count). The van der Waals surface area contributed by atoms with Gasteiger partial charge in [-0.05, 0) is 53.8 Å². The standard InChI is InChI=1S/C28H28N2O4/c1-18(2)17-34-23-12-11-22(14-19(23)3)26(31)24-25(21-9-5-4-6-10-21)30(28(33)27(24)32)16-20-8-7-13-29-15-20/h4-15,18,25,31H,16-17H2,1-3H3. The summed E-state index contributed by atoms with van der Waals surface area (Å²) in [6.07, 6.45) is 3.32. The monoisotopic (exact) mass is 456 g/mol. The van der Waals surface area contributed by atoms with Crippen molar-refractivity contribution in [2.45, 2.75) is 33.4 Å². The van der Waals surface area contributed by atoms with E-state index in [2.05, 4.69) is 18.8 Å². The number of hydrogen-bond acceptors (Lipinski definition) is 5. The van der Waals surface area contributed by atoms with Crippen LogP contribution in [0.4, 0.5) is 0 Å². The molecule has 2 heterocycles. The molecule has 1 atom stereocenters. The molecule has 1 aromatic heterocycles. The zero-order valence-electron chi connectivity index (χ0n) is 19.6. The zero-order valence-corrected chi connectivity index (χ0v) is 19.6. The van der Waals surface area contributed by atoms with Crippen LogP contribution in [0.25, 0.3) is 5.76 Å². The third kappa shape index (κ3) is 4.71. The van der Waals surface area contributed by atoms with Gasteiger partial charge in [-0.2, -0.15) is 0 Å². The van der Waals surface area contributed by atoms with Gasteiger partial charge < -0.3 is 14.7 Å². The number of hydrogen-bond donors (Lipinski definition) is 1. The van der Waals surface area contributed by atoms with Crippen LogP contribution in [-0.4, -0.2) is 33.3 Å². The van der Waals surface area contributed by atoms with Crippen molar-refractivity contribution in [2.75, 3.05) is 6.61 Å². The van der Waals surface area contributed by atoms with Gasteiger partial charge in [-0.3, -0.25) is 14.6 Å². The quantitative estimate of drug-likeness (QED) is 0.306. The predicted molar refractivity (Wildman–Crippen MR) is 130 cm³/mol. The molecule has 1 amide bonds. The molecule has 1 saturated heterocycles. The molecule has 1 unspecified atom stereocenters. The molecule has 0 bridgehead atoms. The number of aliphatic hydroxyl groups is 1. The van der Waals surface area contributed by atoms with Gasteiger partial charge in [0.2, 0.25) is 0 Å². The Bertz CT molecular complexity index is 1220. The number of likely N-dealkylation sites (tertiary alicyclic amines) is 1. The molecule has 34 heavy (non-hydrogen) atoms. The van der Waals surface area contributed by atoms with E-state index in [-0.39, 0.29) is 17.9 Å². The number of Topliss-reactive ketones (excluding diaryl/α,β-unsaturated/α-hetero) is 1. The second-order valence-electron chi connectivity index (χ2n) is 8.88. The first-order chi connectivity index (χ1) is 16.4. The molecule has 1 fully saturated rings. The topological polar surface area (TPSA) is 79.7 Å². The van der Waals surface area contributed by atoms with Crippen molar-refractivity contribution in [3.63, 3.8) is 0 Å². The molecule has 174 valence electrons. The second-order valence-corrected chi connectivity index (χ2v) is 8.88. The molecule has 2 aromatic carbocycles. The minimum atomic E-state index is -0.710. The van der Waals surface area contributed by atoms with Gasteiger partial charge in [-0.25, -0.2) is 0 Å². The van der Waals surface area contributed by atoms with E-state index in [9.17, 15) is 14.7 Å². The molecule has 0 saturated carbocycles. The Kier molecular flexibility index (Phi) is 6.77. The minimum Gasteiger partial charge on any atom is -0.507 e. The Hall–Kier alpha value is -3.93. The first-order valence-electron chi connectivity index (χ1n) is 11.3. The Morgan fingerprint density at radius 1 is 1.09 bits per heavy atom. The van der Waals surface area contributed by atoms with Crippen LogP contribution >= 0.6 is 0 Å². The largest absolute Gasteiger partial charge is 0.507 e. The van der Waals surface area contributed by atoms with Crippen molar-refractivity contribution in [1.82, 2.24) is 9.88 Å². The first kappa shape index (κ1) is 23.2. The minimum absolute atomic E-state index is 0.0790. The lowest BCUT2D eigenvalue weighted by Crippen LogP contribution is -2.29. The average Bonchev–Trinajstić information content (AvgIpc) is 3.09. The van der Waals surface area contributed by atoms with Crippen LogP contribution in [0.2, 0.25) is 0 Å². The number of aromatic nitrogens is 1. The molecule has 0 aliphatic carbocycles. The number of amides is 1. The van der Waals surface area contributed by atoms with Crippen molar-refractivity contribution in [2.24, 2.45) is 5.92 Å². The maximum absolute atomic E-state index is 13.2. The molecule has 1 N–H and O–H groups in total. The van der Waals surface area contributed by atoms with E-state index in [1.165, 1.54) is 4.90 Å². The number of carbonyl (C=O) groups excluding carboxylic acids is 2. The van der Waals surface area contributed by atoms with E-state index in [1.54, 1.807) is 36.7 Å². The number of aryl methyl sites for hydroxylation is 1. The lowest BCUT2D eigenvalue weighted by Gasteiger charge is -2.25. The summed E-state index contributed by atoms with van der Waals surface area (Å²) >= 11 is 0. The molecule has 6 nitrogen and oxygen atoms in total. The van der Waals surface area contributed by atoms with Crippen molar-refractivity contribution < 1.29 is 19.4 Å². The lowest BCUT2D eigenvalue weighted by atomic mass is 9.94. The van der Waals surface area contributed by atoms with Crippen LogP contribution in [0.15, 0.2) is 78.6 Å². The van der Waals surface area contributed by atoms with Crippen LogP contribution < -0.4 is 4.74 Å². The number of pyridine rings is 1. The van der Waals surface area contributed by atoms with Gasteiger partial charge in [-0.1, -0.05) is 50.2 Å². The number of ketones is 1. The summed E-state index contributed by atoms with van der Waals surface area (Å²) in [6, 6.07) is 17.5. The Morgan fingerprint density at radius 2 is 1.85 bits per heavy atom. The molecule has 1 aliphatic rings. The van der Waals surface area contributed by atoms with E-state index in [4.69, 9.17) is 4.74 Å². The average molecular weight is 457 g/mol. The summed E-state index contributed by atoms with van der Waals surface area (Å²) in [5.74, 6) is -0.434. The molecule has 0 radical (unpaired) electrons. The van der Waals surface area contributed by atoms with Gasteiger partial charge in [0.05, 0.1) is 18.2 Å². The van der Waals surface area contributed by atoms with E-state index in [0.717, 1.165) is 22.4 Å². The van der Waals surface area contributed by atoms with Gasteiger partial charge >= 0.3 is 0 Å². The van der Waals surface area contributed by atoms with E-state index in [1.807, 2.05) is 43.3 Å². The summed E-state index contributed by atoms with van der Waals surface area (Å²) in [5, 5.41) is 11.3. The van der Waals surface area contributed by atoms with Gasteiger partial charge in [0.25, 0.3) is 11.7 Å². The molecule has 1 aliphatic heterocycles. The Morgan fingerprint density at radius 3 is 2.50 bits per heavy atom. The van der Waals surface area contributed by atoms with Gasteiger partial charge in [0.15, 0.2) is 0 Å². The van der Waals surface area contributed by atoms with Crippen LogP contribution in [0.5, 0.6) is 5.75 Å². The number of ether oxygens (including phenoxy) is 1. The van der Waals surface area contributed by atoms with Crippen LogP contribution in [0.1, 0.15) is 42.1 Å². The number of aliphatic hydroxyl groups excluding tert-OH is 1. The molecule has 0 spiro atoms. The smallest absolute Gasteiger partial charge is 0.295 e. The lowest BCUT2D eigenvalue weighted by molar-refractivity contribution is -0.140.